The predicted molar refractivity (Wildman–Crippen MR) is 103 cm³/mol. The van der Waals surface area contributed by atoms with Crippen molar-refractivity contribution in [2.75, 3.05) is 5.73 Å². The quantitative estimate of drug-likeness (QED) is 0.582. The van der Waals surface area contributed by atoms with Gasteiger partial charge >= 0.3 is 0 Å². The molecule has 6 heteroatoms. The Bertz CT molecular complexity index is 1070. The Morgan fingerprint density at radius 3 is 2.81 bits per heavy atom. The first-order valence-corrected chi connectivity index (χ1v) is 8.43. The Morgan fingerprint density at radius 2 is 2.00 bits per heavy atom. The van der Waals surface area contributed by atoms with Crippen LogP contribution in [0, 0.1) is 0 Å². The first-order valence-electron chi connectivity index (χ1n) is 8.43. The minimum Gasteiger partial charge on any atom is -0.474 e. The van der Waals surface area contributed by atoms with Crippen molar-refractivity contribution < 1.29 is 4.74 Å². The summed E-state index contributed by atoms with van der Waals surface area (Å²) in [4.78, 5) is 16.3. The lowest BCUT2D eigenvalue weighted by molar-refractivity contribution is 0.232. The number of nitrogens with one attached hydrogen (secondary N) is 1. The summed E-state index contributed by atoms with van der Waals surface area (Å²) in [5.41, 5.74) is 10.7. The normalized spacial score (nSPS) is 11.2. The minimum absolute atomic E-state index is 0.0480. The smallest absolute Gasteiger partial charge is 0.233 e. The van der Waals surface area contributed by atoms with Crippen molar-refractivity contribution in [2.24, 2.45) is 0 Å². The highest BCUT2D eigenvalue weighted by molar-refractivity contribution is 5.99. The molecule has 0 saturated heterocycles. The van der Waals surface area contributed by atoms with E-state index in [2.05, 4.69) is 26.0 Å². The standard InChI is InChI=1S/C20H19N5O/c1-12(2)26-19-11-22-10-18(25-19)13-5-6-17-15(8-13)16(9-24-17)14-4-3-7-23-20(14)21/h3-12,24H,1-2H3,(H2,21,23). The molecule has 0 bridgehead atoms. The molecule has 0 spiro atoms. The highest BCUT2D eigenvalue weighted by Gasteiger charge is 2.12. The maximum Gasteiger partial charge on any atom is 0.233 e. The third-order valence-corrected chi connectivity index (χ3v) is 4.08. The van der Waals surface area contributed by atoms with Crippen LogP contribution in [0.5, 0.6) is 5.88 Å². The molecule has 6 nitrogen and oxygen atoms in total. The number of nitrogens with zero attached hydrogens (tertiary/aromatic N) is 3. The second-order valence-electron chi connectivity index (χ2n) is 6.31. The Balaban J connectivity index is 1.81. The molecule has 0 radical (unpaired) electrons. The maximum atomic E-state index is 6.05. The minimum atomic E-state index is 0.0480. The van der Waals surface area contributed by atoms with Gasteiger partial charge < -0.3 is 15.5 Å². The summed E-state index contributed by atoms with van der Waals surface area (Å²) in [5, 5.41) is 1.05. The number of nitrogen functional groups attached to an aromatic ring is 1. The second-order valence-corrected chi connectivity index (χ2v) is 6.31. The van der Waals surface area contributed by atoms with Crippen LogP contribution in [-0.2, 0) is 0 Å². The third kappa shape index (κ3) is 2.97. The Morgan fingerprint density at radius 1 is 1.12 bits per heavy atom. The molecule has 0 saturated carbocycles. The molecule has 0 aliphatic carbocycles. The molecule has 130 valence electrons. The van der Waals surface area contributed by atoms with Gasteiger partial charge in [0, 0.05) is 40.0 Å². The number of aromatic amines is 1. The summed E-state index contributed by atoms with van der Waals surface area (Å²) in [7, 11) is 0. The van der Waals surface area contributed by atoms with Gasteiger partial charge in [0.05, 0.1) is 24.2 Å². The predicted octanol–water partition coefficient (Wildman–Crippen LogP) is 4.06. The molecule has 3 aromatic heterocycles. The van der Waals surface area contributed by atoms with E-state index in [-0.39, 0.29) is 6.10 Å². The fourth-order valence-corrected chi connectivity index (χ4v) is 2.93. The number of pyridine rings is 1. The molecule has 3 N–H and O–H groups in total. The van der Waals surface area contributed by atoms with Crippen LogP contribution in [0.3, 0.4) is 0 Å². The molecule has 4 aromatic rings. The van der Waals surface area contributed by atoms with E-state index in [0.717, 1.165) is 33.3 Å². The van der Waals surface area contributed by atoms with Crippen LogP contribution in [0.4, 0.5) is 5.82 Å². The monoisotopic (exact) mass is 345 g/mol. The van der Waals surface area contributed by atoms with Gasteiger partial charge in [-0.1, -0.05) is 6.07 Å². The lowest BCUT2D eigenvalue weighted by Gasteiger charge is -2.09. The zero-order valence-corrected chi connectivity index (χ0v) is 14.6. The van der Waals surface area contributed by atoms with Crippen LogP contribution in [0.1, 0.15) is 13.8 Å². The van der Waals surface area contributed by atoms with Crippen molar-refractivity contribution >= 4 is 16.7 Å². The zero-order chi connectivity index (χ0) is 18.1. The SMILES string of the molecule is CC(C)Oc1cncc(-c2ccc3[nH]cc(-c4cccnc4N)c3c2)n1. The number of nitrogens with two attached hydrogens (primary N) is 1. The highest BCUT2D eigenvalue weighted by Crippen LogP contribution is 2.33. The first-order chi connectivity index (χ1) is 12.6. The fourth-order valence-electron chi connectivity index (χ4n) is 2.93. The van der Waals surface area contributed by atoms with Crippen molar-refractivity contribution in [3.8, 4) is 28.3 Å². The second kappa shape index (κ2) is 6.48. The average Bonchev–Trinajstić information content (AvgIpc) is 3.05. The van der Waals surface area contributed by atoms with Crippen molar-refractivity contribution in [2.45, 2.75) is 20.0 Å². The van der Waals surface area contributed by atoms with E-state index < -0.39 is 0 Å². The third-order valence-electron chi connectivity index (χ3n) is 4.08. The lowest BCUT2D eigenvalue weighted by Crippen LogP contribution is -2.07. The van der Waals surface area contributed by atoms with Crippen LogP contribution in [0.15, 0.2) is 55.1 Å². The van der Waals surface area contributed by atoms with E-state index in [1.165, 1.54) is 0 Å². The zero-order valence-electron chi connectivity index (χ0n) is 14.6. The number of hydrogen-bond acceptors (Lipinski definition) is 5. The van der Waals surface area contributed by atoms with Gasteiger partial charge in [0.1, 0.15) is 5.82 Å². The number of hydrogen-bond donors (Lipinski definition) is 2. The molecule has 3 heterocycles. The number of fused-ring (bicyclic) bond motifs is 1. The Hall–Kier alpha value is -3.41. The molecule has 26 heavy (non-hydrogen) atoms. The largest absolute Gasteiger partial charge is 0.474 e. The molecule has 0 amide bonds. The topological polar surface area (TPSA) is 89.7 Å². The molecule has 0 unspecified atom stereocenters. The molecule has 4 rings (SSSR count). The van der Waals surface area contributed by atoms with Gasteiger partial charge in [-0.25, -0.2) is 9.97 Å². The van der Waals surface area contributed by atoms with Gasteiger partial charge in [0.15, 0.2) is 0 Å². The van der Waals surface area contributed by atoms with E-state index in [4.69, 9.17) is 10.5 Å². The number of benzene rings is 1. The summed E-state index contributed by atoms with van der Waals surface area (Å²) >= 11 is 0. The van der Waals surface area contributed by atoms with Crippen molar-refractivity contribution in [3.63, 3.8) is 0 Å². The number of rotatable bonds is 4. The summed E-state index contributed by atoms with van der Waals surface area (Å²) < 4.78 is 5.65. The van der Waals surface area contributed by atoms with Crippen LogP contribution < -0.4 is 10.5 Å². The Labute approximate surface area is 151 Å². The summed E-state index contributed by atoms with van der Waals surface area (Å²) in [6, 6.07) is 9.97. The first kappa shape index (κ1) is 16.1. The van der Waals surface area contributed by atoms with Crippen LogP contribution in [-0.4, -0.2) is 26.0 Å². The molecular weight excluding hydrogens is 326 g/mol. The number of H-pyrrole nitrogens is 1. The molecule has 0 aliphatic heterocycles. The van der Waals surface area contributed by atoms with E-state index in [1.54, 1.807) is 18.6 Å². The molecule has 0 fully saturated rings. The van der Waals surface area contributed by atoms with E-state index in [1.807, 2.05) is 44.3 Å². The molecular formula is C20H19N5O. The van der Waals surface area contributed by atoms with E-state index in [0.29, 0.717) is 11.7 Å². The highest BCUT2D eigenvalue weighted by atomic mass is 16.5. The van der Waals surface area contributed by atoms with Gasteiger partial charge in [-0.2, -0.15) is 0 Å². The molecule has 1 aromatic carbocycles. The summed E-state index contributed by atoms with van der Waals surface area (Å²) in [6.07, 6.45) is 7.05. The van der Waals surface area contributed by atoms with Gasteiger partial charge in [-0.15, -0.1) is 0 Å². The van der Waals surface area contributed by atoms with Crippen LogP contribution >= 0.6 is 0 Å². The van der Waals surface area contributed by atoms with E-state index in [9.17, 15) is 0 Å². The number of aromatic nitrogens is 4. The van der Waals surface area contributed by atoms with Crippen molar-refractivity contribution in [1.82, 2.24) is 19.9 Å². The lowest BCUT2D eigenvalue weighted by atomic mass is 10.0. The summed E-state index contributed by atoms with van der Waals surface area (Å²) in [5.74, 6) is 1.02. The molecule has 0 aliphatic rings. The number of ether oxygens (including phenoxy) is 1. The van der Waals surface area contributed by atoms with E-state index >= 15 is 0 Å². The van der Waals surface area contributed by atoms with Crippen molar-refractivity contribution in [1.29, 1.82) is 0 Å². The summed E-state index contributed by atoms with van der Waals surface area (Å²) in [6.45, 7) is 3.93. The maximum absolute atomic E-state index is 6.05. The van der Waals surface area contributed by atoms with Gasteiger partial charge in [0.2, 0.25) is 5.88 Å². The fraction of sp³-hybridized carbons (Fsp3) is 0.150. The van der Waals surface area contributed by atoms with Crippen LogP contribution in [0.2, 0.25) is 0 Å². The van der Waals surface area contributed by atoms with Gasteiger partial charge in [0.25, 0.3) is 0 Å². The number of anilines is 1. The van der Waals surface area contributed by atoms with Crippen molar-refractivity contribution in [3.05, 3.63) is 55.1 Å². The average molecular weight is 345 g/mol. The van der Waals surface area contributed by atoms with Gasteiger partial charge in [-0.05, 0) is 38.1 Å². The molecule has 0 atom stereocenters. The van der Waals surface area contributed by atoms with Gasteiger partial charge in [-0.3, -0.25) is 4.98 Å². The Kier molecular flexibility index (Phi) is 4.01. The van der Waals surface area contributed by atoms with Crippen LogP contribution in [0.25, 0.3) is 33.3 Å².